The van der Waals surface area contributed by atoms with Crippen LogP contribution in [0.5, 0.6) is 11.5 Å². The van der Waals surface area contributed by atoms with E-state index in [4.69, 9.17) is 9.47 Å². The lowest BCUT2D eigenvalue weighted by Crippen LogP contribution is -2.30. The van der Waals surface area contributed by atoms with Gasteiger partial charge in [-0.15, -0.1) is 0 Å². The molecule has 7 heteroatoms. The van der Waals surface area contributed by atoms with Crippen molar-refractivity contribution >= 4 is 0 Å². The van der Waals surface area contributed by atoms with Crippen LogP contribution in [0.25, 0.3) is 0 Å². The zero-order chi connectivity index (χ0) is 23.9. The number of ether oxygens (including phenoxy) is 2. The van der Waals surface area contributed by atoms with Gasteiger partial charge in [-0.3, -0.25) is 0 Å². The molecule has 0 aromatic heterocycles. The van der Waals surface area contributed by atoms with Gasteiger partial charge in [-0.05, 0) is 54.8 Å². The molecule has 3 aromatic rings. The van der Waals surface area contributed by atoms with Crippen molar-refractivity contribution in [2.45, 2.75) is 57.9 Å². The van der Waals surface area contributed by atoms with Crippen molar-refractivity contribution in [3.05, 3.63) is 94.6 Å². The predicted molar refractivity (Wildman–Crippen MR) is 122 cm³/mol. The van der Waals surface area contributed by atoms with E-state index in [0.717, 1.165) is 30.5 Å². The van der Waals surface area contributed by atoms with Gasteiger partial charge >= 0.3 is 0 Å². The first-order chi connectivity index (χ1) is 16.5. The van der Waals surface area contributed by atoms with Crippen LogP contribution in [0.3, 0.4) is 0 Å². The zero-order valence-electron chi connectivity index (χ0n) is 18.8. The van der Waals surface area contributed by atoms with Crippen molar-refractivity contribution < 1.29 is 27.0 Å². The number of hydrogen-bond acceptors (Lipinski definition) is 3. The largest absolute Gasteiger partial charge is 0.489 e. The van der Waals surface area contributed by atoms with E-state index in [2.05, 4.69) is 5.32 Å². The summed E-state index contributed by atoms with van der Waals surface area (Å²) in [7, 11) is 0. The van der Waals surface area contributed by atoms with E-state index in [1.165, 1.54) is 43.5 Å². The molecule has 3 aromatic carbocycles. The lowest BCUT2D eigenvalue weighted by molar-refractivity contribution is 0.283. The predicted octanol–water partition coefficient (Wildman–Crippen LogP) is 6.82. The molecule has 1 saturated carbocycles. The molecule has 0 amide bonds. The Morgan fingerprint density at radius 1 is 0.676 bits per heavy atom. The number of benzene rings is 3. The van der Waals surface area contributed by atoms with Crippen molar-refractivity contribution in [2.75, 3.05) is 0 Å². The Kier molecular flexibility index (Phi) is 8.06. The average molecular weight is 474 g/mol. The molecule has 1 aliphatic carbocycles. The molecule has 3 nitrogen and oxygen atoms in total. The van der Waals surface area contributed by atoms with Crippen molar-refractivity contribution in [1.82, 2.24) is 5.32 Å². The summed E-state index contributed by atoms with van der Waals surface area (Å²) in [6, 6.07) is 12.4. The maximum Gasteiger partial charge on any atom is 0.132 e. The normalized spacial score (nSPS) is 14.2. The molecule has 180 valence electrons. The van der Waals surface area contributed by atoms with Crippen LogP contribution < -0.4 is 14.8 Å². The molecule has 1 N–H and O–H groups in total. The fourth-order valence-electron chi connectivity index (χ4n) is 4.07. The van der Waals surface area contributed by atoms with Gasteiger partial charge in [0.2, 0.25) is 0 Å². The molecule has 1 aliphatic rings. The Balaban J connectivity index is 1.48. The Morgan fingerprint density at radius 2 is 1.21 bits per heavy atom. The lowest BCUT2D eigenvalue weighted by atomic mass is 9.95. The summed E-state index contributed by atoms with van der Waals surface area (Å²) in [6.45, 7) is 0.420. The minimum absolute atomic E-state index is 0.0857. The summed E-state index contributed by atoms with van der Waals surface area (Å²) in [5.41, 5.74) is 1.35. The average Bonchev–Trinajstić information content (AvgIpc) is 2.82. The first-order valence-corrected chi connectivity index (χ1v) is 11.5. The highest BCUT2D eigenvalue weighted by Gasteiger charge is 2.14. The highest BCUT2D eigenvalue weighted by Crippen LogP contribution is 2.26. The fourth-order valence-corrected chi connectivity index (χ4v) is 4.07. The third kappa shape index (κ3) is 6.73. The summed E-state index contributed by atoms with van der Waals surface area (Å²) in [4.78, 5) is 0. The van der Waals surface area contributed by atoms with Crippen molar-refractivity contribution in [2.24, 2.45) is 0 Å². The maximum atomic E-state index is 14.0. The van der Waals surface area contributed by atoms with E-state index in [0.29, 0.717) is 24.1 Å². The molecule has 0 aliphatic heterocycles. The van der Waals surface area contributed by atoms with Crippen LogP contribution in [-0.2, 0) is 19.8 Å². The van der Waals surface area contributed by atoms with E-state index < -0.39 is 23.3 Å². The number of rotatable bonds is 9. The summed E-state index contributed by atoms with van der Waals surface area (Å²) < 4.78 is 65.9. The highest BCUT2D eigenvalue weighted by atomic mass is 19.1. The van der Waals surface area contributed by atoms with E-state index in [9.17, 15) is 17.6 Å². The SMILES string of the molecule is Fc1ccc(COc2cc(CNC3CCCCC3)cc(OCc3ccc(F)cc3F)c2)c(F)c1. The maximum absolute atomic E-state index is 14.0. The Labute approximate surface area is 196 Å². The standard InChI is InChI=1S/C27H27F4NO2/c28-21-8-6-19(26(30)12-21)16-33-24-10-18(15-32-23-4-2-1-3-5-23)11-25(14-24)34-17-20-7-9-22(29)13-27(20)31/h6-14,23,32H,1-5,15-17H2. The first-order valence-electron chi connectivity index (χ1n) is 11.5. The molecule has 1 fully saturated rings. The first kappa shape index (κ1) is 24.1. The molecule has 0 unspecified atom stereocenters. The van der Waals surface area contributed by atoms with Gasteiger partial charge in [-0.2, -0.15) is 0 Å². The Hall–Kier alpha value is -3.06. The summed E-state index contributed by atoms with van der Waals surface area (Å²) >= 11 is 0. The highest BCUT2D eigenvalue weighted by molar-refractivity contribution is 5.39. The molecule has 0 bridgehead atoms. The van der Waals surface area contributed by atoms with Crippen LogP contribution in [0.2, 0.25) is 0 Å². The second-order valence-electron chi connectivity index (χ2n) is 8.58. The van der Waals surface area contributed by atoms with Crippen LogP contribution in [0.4, 0.5) is 17.6 Å². The van der Waals surface area contributed by atoms with Crippen molar-refractivity contribution in [3.8, 4) is 11.5 Å². The van der Waals surface area contributed by atoms with Gasteiger partial charge in [0.1, 0.15) is 48.0 Å². The van der Waals surface area contributed by atoms with Gasteiger partial charge in [-0.25, -0.2) is 17.6 Å². The molecule has 4 rings (SSSR count). The molecule has 0 heterocycles. The van der Waals surface area contributed by atoms with Crippen LogP contribution in [0, 0.1) is 23.3 Å². The van der Waals surface area contributed by atoms with Gasteiger partial charge < -0.3 is 14.8 Å². The fraction of sp³-hybridized carbons (Fsp3) is 0.333. The third-order valence-corrected chi connectivity index (χ3v) is 5.96. The number of nitrogens with one attached hydrogen (secondary N) is 1. The van der Waals surface area contributed by atoms with E-state index >= 15 is 0 Å². The van der Waals surface area contributed by atoms with E-state index in [1.54, 1.807) is 6.07 Å². The monoisotopic (exact) mass is 473 g/mol. The molecule has 0 atom stereocenters. The lowest BCUT2D eigenvalue weighted by Gasteiger charge is -2.23. The molecule has 0 spiro atoms. The van der Waals surface area contributed by atoms with E-state index in [1.807, 2.05) is 12.1 Å². The van der Waals surface area contributed by atoms with Crippen molar-refractivity contribution in [1.29, 1.82) is 0 Å². The molecule has 0 radical (unpaired) electrons. The molecule has 34 heavy (non-hydrogen) atoms. The quantitative estimate of drug-likeness (QED) is 0.346. The smallest absolute Gasteiger partial charge is 0.132 e. The van der Waals surface area contributed by atoms with E-state index in [-0.39, 0.29) is 24.3 Å². The van der Waals surface area contributed by atoms with Gasteiger partial charge in [0.05, 0.1) is 0 Å². The van der Waals surface area contributed by atoms with Crippen LogP contribution in [-0.4, -0.2) is 6.04 Å². The topological polar surface area (TPSA) is 30.5 Å². The summed E-state index contributed by atoms with van der Waals surface area (Å²) in [5, 5.41) is 3.56. The second-order valence-corrected chi connectivity index (χ2v) is 8.58. The van der Waals surface area contributed by atoms with Crippen LogP contribution in [0.1, 0.15) is 48.8 Å². The Morgan fingerprint density at radius 3 is 1.71 bits per heavy atom. The summed E-state index contributed by atoms with van der Waals surface area (Å²) in [6.07, 6.45) is 5.95. The molecular weight excluding hydrogens is 446 g/mol. The van der Waals surface area contributed by atoms with Crippen LogP contribution >= 0.6 is 0 Å². The Bertz CT molecular complexity index is 1040. The zero-order valence-corrected chi connectivity index (χ0v) is 18.8. The number of halogens is 4. The minimum Gasteiger partial charge on any atom is -0.489 e. The van der Waals surface area contributed by atoms with Gasteiger partial charge in [0.15, 0.2) is 0 Å². The molecular formula is C27H27F4NO2. The third-order valence-electron chi connectivity index (χ3n) is 5.96. The second kappa shape index (κ2) is 11.4. The molecule has 0 saturated heterocycles. The summed E-state index contributed by atoms with van der Waals surface area (Å²) in [5.74, 6) is -1.78. The van der Waals surface area contributed by atoms with Gasteiger partial charge in [0, 0.05) is 41.9 Å². The van der Waals surface area contributed by atoms with Crippen LogP contribution in [0.15, 0.2) is 54.6 Å². The van der Waals surface area contributed by atoms with Crippen molar-refractivity contribution in [3.63, 3.8) is 0 Å². The minimum atomic E-state index is -0.682. The number of hydrogen-bond donors (Lipinski definition) is 1. The van der Waals surface area contributed by atoms with Gasteiger partial charge in [-0.1, -0.05) is 19.3 Å². The van der Waals surface area contributed by atoms with Gasteiger partial charge in [0.25, 0.3) is 0 Å².